The van der Waals surface area contributed by atoms with E-state index in [0.29, 0.717) is 17.4 Å². The lowest BCUT2D eigenvalue weighted by molar-refractivity contribution is 0.466. The molecule has 0 fully saturated rings. The van der Waals surface area contributed by atoms with E-state index in [2.05, 4.69) is 10.3 Å². The summed E-state index contributed by atoms with van der Waals surface area (Å²) < 4.78 is 5.54. The summed E-state index contributed by atoms with van der Waals surface area (Å²) in [5.41, 5.74) is 8.60. The summed E-state index contributed by atoms with van der Waals surface area (Å²) in [6.07, 6.45) is 2.59. The maximum atomic E-state index is 5.73. The lowest BCUT2D eigenvalue weighted by atomic mass is 10.1. The van der Waals surface area contributed by atoms with Crippen LogP contribution in [0.2, 0.25) is 0 Å². The molecule has 2 rings (SSSR count). The Kier molecular flexibility index (Phi) is 4.16. The molecule has 0 atom stereocenters. The Labute approximate surface area is 118 Å². The van der Waals surface area contributed by atoms with Crippen molar-refractivity contribution in [2.75, 3.05) is 5.32 Å². The highest BCUT2D eigenvalue weighted by molar-refractivity contribution is 7.80. The van der Waals surface area contributed by atoms with Crippen LogP contribution < -0.4 is 11.1 Å². The topological polar surface area (TPSA) is 64.1 Å². The fraction of sp³-hybridized carbons (Fsp3) is 0.286. The van der Waals surface area contributed by atoms with Crippen LogP contribution in [0.1, 0.15) is 29.7 Å². The summed E-state index contributed by atoms with van der Waals surface area (Å²) in [5.74, 6) is 1.54. The molecule has 1 aromatic carbocycles. The second-order valence-corrected chi connectivity index (χ2v) is 4.78. The van der Waals surface area contributed by atoms with Gasteiger partial charge in [0, 0.05) is 17.7 Å². The van der Waals surface area contributed by atoms with E-state index in [9.17, 15) is 0 Å². The first-order valence-electron chi connectivity index (χ1n) is 6.18. The number of oxazole rings is 1. The van der Waals surface area contributed by atoms with Gasteiger partial charge in [-0.1, -0.05) is 30.8 Å². The van der Waals surface area contributed by atoms with Gasteiger partial charge in [-0.25, -0.2) is 4.98 Å². The molecule has 0 aliphatic rings. The molecule has 5 heteroatoms. The minimum absolute atomic E-state index is 0.382. The lowest BCUT2D eigenvalue weighted by Crippen LogP contribution is -2.13. The minimum atomic E-state index is 0.382. The quantitative estimate of drug-likeness (QED) is 0.821. The minimum Gasteiger partial charge on any atom is -0.444 e. The fourth-order valence-electron chi connectivity index (χ4n) is 1.78. The van der Waals surface area contributed by atoms with Gasteiger partial charge < -0.3 is 15.5 Å². The third-order valence-corrected chi connectivity index (χ3v) is 3.04. The highest BCUT2D eigenvalue weighted by Gasteiger charge is 2.07. The molecule has 1 heterocycles. The largest absolute Gasteiger partial charge is 0.444 e. The second kappa shape index (κ2) is 5.84. The summed E-state index contributed by atoms with van der Waals surface area (Å²) in [5, 5.41) is 3.25. The fourth-order valence-corrected chi connectivity index (χ4v) is 1.95. The van der Waals surface area contributed by atoms with E-state index in [0.717, 1.165) is 29.0 Å². The predicted octanol–water partition coefficient (Wildman–Crippen LogP) is 2.79. The first-order chi connectivity index (χ1) is 9.10. The zero-order valence-corrected chi connectivity index (χ0v) is 11.9. The summed E-state index contributed by atoms with van der Waals surface area (Å²) in [6, 6.07) is 5.95. The number of aryl methyl sites for hydroxylation is 2. The average molecular weight is 275 g/mol. The molecule has 0 unspecified atom stereocenters. The maximum absolute atomic E-state index is 5.73. The van der Waals surface area contributed by atoms with Crippen LogP contribution in [0.15, 0.2) is 28.8 Å². The van der Waals surface area contributed by atoms with Gasteiger partial charge >= 0.3 is 0 Å². The van der Waals surface area contributed by atoms with Crippen molar-refractivity contribution in [1.29, 1.82) is 0 Å². The van der Waals surface area contributed by atoms with E-state index < -0.39 is 0 Å². The molecule has 0 spiro atoms. The van der Waals surface area contributed by atoms with Gasteiger partial charge in [0.2, 0.25) is 5.89 Å². The molecular weight excluding hydrogens is 258 g/mol. The molecule has 0 saturated heterocycles. The number of nitrogens with two attached hydrogens (primary N) is 1. The van der Waals surface area contributed by atoms with Gasteiger partial charge in [-0.15, -0.1) is 0 Å². The average Bonchev–Trinajstić information content (AvgIpc) is 2.85. The molecule has 19 heavy (non-hydrogen) atoms. The Morgan fingerprint density at radius 1 is 1.47 bits per heavy atom. The molecule has 0 aliphatic carbocycles. The smallest absolute Gasteiger partial charge is 0.213 e. The van der Waals surface area contributed by atoms with Crippen LogP contribution in [0.4, 0.5) is 5.69 Å². The number of rotatable bonds is 5. The molecule has 4 nitrogen and oxygen atoms in total. The maximum Gasteiger partial charge on any atom is 0.213 e. The monoisotopic (exact) mass is 275 g/mol. The molecule has 0 bridgehead atoms. The van der Waals surface area contributed by atoms with Gasteiger partial charge in [-0.3, -0.25) is 0 Å². The number of benzene rings is 1. The third-order valence-electron chi connectivity index (χ3n) is 2.82. The Morgan fingerprint density at radius 2 is 2.26 bits per heavy atom. The van der Waals surface area contributed by atoms with Crippen molar-refractivity contribution >= 4 is 22.9 Å². The summed E-state index contributed by atoms with van der Waals surface area (Å²) in [7, 11) is 0. The van der Waals surface area contributed by atoms with Crippen molar-refractivity contribution in [2.24, 2.45) is 5.73 Å². The van der Waals surface area contributed by atoms with Crippen LogP contribution in [-0.4, -0.2) is 9.97 Å². The van der Waals surface area contributed by atoms with Crippen LogP contribution in [0.25, 0.3) is 0 Å². The van der Waals surface area contributed by atoms with Gasteiger partial charge in [0.1, 0.15) is 10.7 Å². The molecule has 0 aliphatic heterocycles. The molecule has 3 N–H and O–H groups in total. The van der Waals surface area contributed by atoms with E-state index in [4.69, 9.17) is 22.4 Å². The molecule has 100 valence electrons. The Morgan fingerprint density at radius 3 is 2.89 bits per heavy atom. The van der Waals surface area contributed by atoms with Gasteiger partial charge in [-0.2, -0.15) is 0 Å². The van der Waals surface area contributed by atoms with Crippen LogP contribution in [-0.2, 0) is 13.0 Å². The van der Waals surface area contributed by atoms with Crippen LogP contribution in [0, 0.1) is 6.92 Å². The summed E-state index contributed by atoms with van der Waals surface area (Å²) in [6.45, 7) is 4.55. The van der Waals surface area contributed by atoms with E-state index in [1.807, 2.05) is 32.0 Å². The van der Waals surface area contributed by atoms with Crippen molar-refractivity contribution in [3.63, 3.8) is 0 Å². The van der Waals surface area contributed by atoms with Crippen molar-refractivity contribution in [2.45, 2.75) is 26.8 Å². The Hall–Kier alpha value is -1.88. The standard InChI is InChI=1S/C14H17N3OS/c1-3-10-7-17-13(18-10)8-16-12-5-4-9(2)6-11(12)14(15)19/h4-7,16H,3,8H2,1-2H3,(H2,15,19). The van der Waals surface area contributed by atoms with E-state index in [1.165, 1.54) is 0 Å². The number of aromatic nitrogens is 1. The zero-order valence-electron chi connectivity index (χ0n) is 11.1. The Bertz CT molecular complexity index is 592. The third kappa shape index (κ3) is 3.32. The lowest BCUT2D eigenvalue weighted by Gasteiger charge is -2.10. The van der Waals surface area contributed by atoms with E-state index >= 15 is 0 Å². The molecule has 0 radical (unpaired) electrons. The number of nitrogens with one attached hydrogen (secondary N) is 1. The SMILES string of the molecule is CCc1cnc(CNc2ccc(C)cc2C(N)=S)o1. The molecule has 0 saturated carbocycles. The molecule has 0 amide bonds. The first kappa shape index (κ1) is 13.5. The highest BCUT2D eigenvalue weighted by atomic mass is 32.1. The van der Waals surface area contributed by atoms with Gasteiger partial charge in [0.15, 0.2) is 0 Å². The number of anilines is 1. The van der Waals surface area contributed by atoms with Crippen molar-refractivity contribution in [3.8, 4) is 0 Å². The summed E-state index contributed by atoms with van der Waals surface area (Å²) >= 11 is 5.06. The van der Waals surface area contributed by atoms with Crippen LogP contribution >= 0.6 is 12.2 Å². The molecule has 2 aromatic rings. The van der Waals surface area contributed by atoms with Crippen molar-refractivity contribution in [1.82, 2.24) is 4.98 Å². The number of nitrogens with zero attached hydrogens (tertiary/aromatic N) is 1. The van der Waals surface area contributed by atoms with Crippen molar-refractivity contribution < 1.29 is 4.42 Å². The van der Waals surface area contributed by atoms with Gasteiger partial charge in [0.05, 0.1) is 12.7 Å². The Balaban J connectivity index is 2.12. The normalized spacial score (nSPS) is 10.4. The molecule has 1 aromatic heterocycles. The summed E-state index contributed by atoms with van der Waals surface area (Å²) in [4.78, 5) is 4.58. The molecular formula is C14H17N3OS. The number of thiocarbonyl (C=S) groups is 1. The first-order valence-corrected chi connectivity index (χ1v) is 6.59. The predicted molar refractivity (Wildman–Crippen MR) is 80.3 cm³/mol. The van der Waals surface area contributed by atoms with Crippen LogP contribution in [0.5, 0.6) is 0 Å². The second-order valence-electron chi connectivity index (χ2n) is 4.34. The highest BCUT2D eigenvalue weighted by Crippen LogP contribution is 2.18. The van der Waals surface area contributed by atoms with Gasteiger partial charge in [-0.05, 0) is 19.1 Å². The number of hydrogen-bond donors (Lipinski definition) is 2. The van der Waals surface area contributed by atoms with E-state index in [1.54, 1.807) is 6.20 Å². The van der Waals surface area contributed by atoms with Crippen molar-refractivity contribution in [3.05, 3.63) is 47.2 Å². The zero-order chi connectivity index (χ0) is 13.8. The van der Waals surface area contributed by atoms with E-state index in [-0.39, 0.29) is 0 Å². The van der Waals surface area contributed by atoms with Crippen LogP contribution in [0.3, 0.4) is 0 Å². The van der Waals surface area contributed by atoms with Gasteiger partial charge in [0.25, 0.3) is 0 Å². The number of hydrogen-bond acceptors (Lipinski definition) is 4.